The summed E-state index contributed by atoms with van der Waals surface area (Å²) >= 11 is 0. The molecule has 1 fully saturated rings. The molecule has 1 atom stereocenters. The number of benzene rings is 1. The molecule has 1 saturated heterocycles. The van der Waals surface area contributed by atoms with Crippen molar-refractivity contribution in [2.45, 2.75) is 17.4 Å². The number of nitrogen functional groups attached to an aromatic ring is 1. The Kier molecular flexibility index (Phi) is 5.00. The van der Waals surface area contributed by atoms with Gasteiger partial charge in [-0.1, -0.05) is 6.07 Å². The molecule has 1 aliphatic rings. The zero-order valence-corrected chi connectivity index (χ0v) is 16.1. The van der Waals surface area contributed by atoms with Crippen molar-refractivity contribution in [3.8, 4) is 5.82 Å². The first kappa shape index (κ1) is 19.0. The molecule has 13 heteroatoms. The molecule has 12 nitrogen and oxygen atoms in total. The Bertz CT molecular complexity index is 1120. The van der Waals surface area contributed by atoms with Crippen LogP contribution in [0.15, 0.2) is 41.6 Å². The zero-order chi connectivity index (χ0) is 20.4. The molecule has 0 bridgehead atoms. The number of hydrogen-bond acceptors (Lipinski definition) is 10. The van der Waals surface area contributed by atoms with E-state index in [9.17, 15) is 8.42 Å². The van der Waals surface area contributed by atoms with E-state index in [1.807, 2.05) is 0 Å². The number of nitrogens with two attached hydrogens (primary N) is 2. The van der Waals surface area contributed by atoms with Crippen molar-refractivity contribution < 1.29 is 8.42 Å². The summed E-state index contributed by atoms with van der Waals surface area (Å²) in [6.45, 7) is 1.84. The first-order valence-electron chi connectivity index (χ1n) is 8.80. The highest BCUT2D eigenvalue weighted by Crippen LogP contribution is 2.20. The third-order valence-corrected chi connectivity index (χ3v) is 5.24. The van der Waals surface area contributed by atoms with Crippen molar-refractivity contribution in [1.29, 1.82) is 0 Å². The summed E-state index contributed by atoms with van der Waals surface area (Å²) in [7, 11) is -3.82. The Morgan fingerprint density at radius 2 is 2.10 bits per heavy atom. The van der Waals surface area contributed by atoms with E-state index in [-0.39, 0.29) is 16.8 Å². The van der Waals surface area contributed by atoms with Crippen molar-refractivity contribution in [2.75, 3.05) is 29.5 Å². The Morgan fingerprint density at radius 1 is 1.24 bits per heavy atom. The third kappa shape index (κ3) is 4.42. The molecule has 1 unspecified atom stereocenters. The van der Waals surface area contributed by atoms with E-state index in [1.165, 1.54) is 23.1 Å². The standard InChI is InChI=1S/C16H20N10O2S/c17-15-24-16(23-10-2-1-3-12(6-10)29(18,27)28)25-26(15)14-7-13(20-9-21-14)22-11-4-5-19-8-11/h1-3,6-7,9,11,19H,4-5,8H2,(H2,18,27,28)(H,20,21,22)(H3,17,23,24,25). The van der Waals surface area contributed by atoms with Crippen LogP contribution >= 0.6 is 0 Å². The van der Waals surface area contributed by atoms with Gasteiger partial charge in [0, 0.05) is 24.3 Å². The van der Waals surface area contributed by atoms with Gasteiger partial charge in [-0.2, -0.15) is 9.67 Å². The molecule has 4 rings (SSSR count). The Hall–Kier alpha value is -3.29. The van der Waals surface area contributed by atoms with E-state index in [1.54, 1.807) is 18.2 Å². The summed E-state index contributed by atoms with van der Waals surface area (Å²) in [5, 5.41) is 19.0. The van der Waals surface area contributed by atoms with Crippen LogP contribution in [0, 0.1) is 0 Å². The van der Waals surface area contributed by atoms with Gasteiger partial charge in [0.15, 0.2) is 5.82 Å². The maximum atomic E-state index is 11.5. The predicted molar refractivity (Wildman–Crippen MR) is 107 cm³/mol. The third-order valence-electron chi connectivity index (χ3n) is 4.33. The molecule has 152 valence electrons. The maximum Gasteiger partial charge on any atom is 0.248 e. The molecule has 3 aromatic rings. The Balaban J connectivity index is 1.55. The highest BCUT2D eigenvalue weighted by molar-refractivity contribution is 7.89. The van der Waals surface area contributed by atoms with E-state index >= 15 is 0 Å². The largest absolute Gasteiger partial charge is 0.368 e. The quantitative estimate of drug-likeness (QED) is 0.361. The zero-order valence-electron chi connectivity index (χ0n) is 15.3. The SMILES string of the molecule is Nc1nc(Nc2cccc(S(N)(=O)=O)c2)nn1-c1cc(NC2CCNC2)ncn1. The Morgan fingerprint density at radius 3 is 2.86 bits per heavy atom. The minimum absolute atomic E-state index is 0.0252. The van der Waals surface area contributed by atoms with Gasteiger partial charge in [-0.25, -0.2) is 23.5 Å². The van der Waals surface area contributed by atoms with Gasteiger partial charge in [0.25, 0.3) is 0 Å². The molecule has 7 N–H and O–H groups in total. The molecule has 0 radical (unpaired) electrons. The lowest BCUT2D eigenvalue weighted by Crippen LogP contribution is -2.22. The summed E-state index contributed by atoms with van der Waals surface area (Å²) in [4.78, 5) is 12.6. The monoisotopic (exact) mass is 416 g/mol. The number of nitrogens with one attached hydrogen (secondary N) is 3. The topological polar surface area (TPSA) is 179 Å². The lowest BCUT2D eigenvalue weighted by Gasteiger charge is -2.12. The fourth-order valence-corrected chi connectivity index (χ4v) is 3.51. The highest BCUT2D eigenvalue weighted by Gasteiger charge is 2.16. The number of nitrogens with zero attached hydrogens (tertiary/aromatic N) is 5. The van der Waals surface area contributed by atoms with E-state index in [0.29, 0.717) is 23.4 Å². The first-order chi connectivity index (χ1) is 13.9. The lowest BCUT2D eigenvalue weighted by atomic mass is 10.2. The second-order valence-electron chi connectivity index (χ2n) is 6.50. The van der Waals surface area contributed by atoms with Crippen LogP contribution in [-0.2, 0) is 10.0 Å². The fourth-order valence-electron chi connectivity index (χ4n) is 2.95. The van der Waals surface area contributed by atoms with Crippen LogP contribution in [0.1, 0.15) is 6.42 Å². The van der Waals surface area contributed by atoms with Gasteiger partial charge >= 0.3 is 0 Å². The minimum Gasteiger partial charge on any atom is -0.368 e. The fraction of sp³-hybridized carbons (Fsp3) is 0.250. The molecule has 1 aliphatic heterocycles. The van der Waals surface area contributed by atoms with Gasteiger partial charge in [0.1, 0.15) is 12.1 Å². The van der Waals surface area contributed by atoms with Crippen LogP contribution in [0.4, 0.5) is 23.4 Å². The molecule has 0 spiro atoms. The molecule has 2 aromatic heterocycles. The normalized spacial score (nSPS) is 16.7. The van der Waals surface area contributed by atoms with Crippen LogP contribution < -0.4 is 26.8 Å². The van der Waals surface area contributed by atoms with E-state index in [4.69, 9.17) is 10.9 Å². The molecule has 0 aliphatic carbocycles. The summed E-state index contributed by atoms with van der Waals surface area (Å²) in [5.41, 5.74) is 6.43. The molecule has 1 aromatic carbocycles. The number of primary sulfonamides is 1. The summed E-state index contributed by atoms with van der Waals surface area (Å²) in [6, 6.07) is 8.03. The minimum atomic E-state index is -3.82. The number of rotatable bonds is 6. The van der Waals surface area contributed by atoms with Gasteiger partial charge in [-0.05, 0) is 31.2 Å². The molecule has 3 heterocycles. The smallest absolute Gasteiger partial charge is 0.248 e. The number of aromatic nitrogens is 5. The van der Waals surface area contributed by atoms with Crippen molar-refractivity contribution in [3.63, 3.8) is 0 Å². The lowest BCUT2D eigenvalue weighted by molar-refractivity contribution is 0.598. The van der Waals surface area contributed by atoms with E-state index in [0.717, 1.165) is 19.5 Å². The number of hydrogen-bond donors (Lipinski definition) is 5. The average molecular weight is 416 g/mol. The van der Waals surface area contributed by atoms with Crippen LogP contribution in [0.5, 0.6) is 0 Å². The molecule has 0 saturated carbocycles. The predicted octanol–water partition coefficient (Wildman–Crippen LogP) is -0.196. The van der Waals surface area contributed by atoms with Gasteiger partial charge in [0.2, 0.25) is 21.9 Å². The second-order valence-corrected chi connectivity index (χ2v) is 8.06. The van der Waals surface area contributed by atoms with Crippen molar-refractivity contribution in [3.05, 3.63) is 36.7 Å². The molecule has 0 amide bonds. The van der Waals surface area contributed by atoms with Crippen molar-refractivity contribution >= 4 is 33.4 Å². The van der Waals surface area contributed by atoms with E-state index in [2.05, 4.69) is 36.0 Å². The first-order valence-corrected chi connectivity index (χ1v) is 10.4. The summed E-state index contributed by atoms with van der Waals surface area (Å²) in [6.07, 6.45) is 2.43. The van der Waals surface area contributed by atoms with Crippen molar-refractivity contribution in [2.24, 2.45) is 5.14 Å². The summed E-state index contributed by atoms with van der Waals surface area (Å²) in [5.74, 6) is 1.41. The van der Waals surface area contributed by atoms with Crippen LogP contribution in [0.25, 0.3) is 5.82 Å². The molecule has 29 heavy (non-hydrogen) atoms. The molecular weight excluding hydrogens is 396 g/mol. The van der Waals surface area contributed by atoms with E-state index < -0.39 is 10.0 Å². The molecular formula is C16H20N10O2S. The number of anilines is 4. The second kappa shape index (κ2) is 7.62. The maximum absolute atomic E-state index is 11.5. The van der Waals surface area contributed by atoms with Crippen LogP contribution in [0.3, 0.4) is 0 Å². The number of sulfonamides is 1. The Labute approximate surface area is 166 Å². The van der Waals surface area contributed by atoms with Gasteiger partial charge < -0.3 is 21.7 Å². The van der Waals surface area contributed by atoms with Crippen LogP contribution in [0.2, 0.25) is 0 Å². The van der Waals surface area contributed by atoms with Gasteiger partial charge in [-0.15, -0.1) is 5.10 Å². The summed E-state index contributed by atoms with van der Waals surface area (Å²) < 4.78 is 24.4. The average Bonchev–Trinajstić information content (AvgIpc) is 3.31. The van der Waals surface area contributed by atoms with Crippen LogP contribution in [-0.4, -0.2) is 52.3 Å². The van der Waals surface area contributed by atoms with Crippen molar-refractivity contribution in [1.82, 2.24) is 30.0 Å². The van der Waals surface area contributed by atoms with Gasteiger partial charge in [0.05, 0.1) is 4.90 Å². The highest BCUT2D eigenvalue weighted by atomic mass is 32.2. The van der Waals surface area contributed by atoms with Gasteiger partial charge in [-0.3, -0.25) is 0 Å².